The molecule has 2 unspecified atom stereocenters. The lowest BCUT2D eigenvalue weighted by Gasteiger charge is -2.25. The zero-order valence-corrected chi connectivity index (χ0v) is 11.1. The second kappa shape index (κ2) is 6.04. The third-order valence-electron chi connectivity index (χ3n) is 2.65. The van der Waals surface area contributed by atoms with E-state index in [0.29, 0.717) is 26.1 Å². The zero-order chi connectivity index (χ0) is 13.8. The van der Waals surface area contributed by atoms with Crippen LogP contribution >= 0.6 is 0 Å². The van der Waals surface area contributed by atoms with Crippen LogP contribution in [0.15, 0.2) is 0 Å². The van der Waals surface area contributed by atoms with Crippen LogP contribution in [-0.2, 0) is 14.3 Å². The molecule has 1 fully saturated rings. The summed E-state index contributed by atoms with van der Waals surface area (Å²) >= 11 is 0. The Morgan fingerprint density at radius 3 is 2.44 bits per heavy atom. The molecule has 1 rings (SSSR count). The maximum absolute atomic E-state index is 11.6. The van der Waals surface area contributed by atoms with Gasteiger partial charge in [0.05, 0.1) is 5.92 Å². The van der Waals surface area contributed by atoms with Gasteiger partial charge < -0.3 is 19.9 Å². The van der Waals surface area contributed by atoms with Crippen molar-refractivity contribution in [2.45, 2.75) is 45.3 Å². The molecule has 0 saturated carbocycles. The molecule has 18 heavy (non-hydrogen) atoms. The lowest BCUT2D eigenvalue weighted by atomic mass is 9.95. The minimum atomic E-state index is -0.915. The molecule has 2 N–H and O–H groups in total. The summed E-state index contributed by atoms with van der Waals surface area (Å²) in [5.74, 6) is -1.54. The number of carboxylic acids is 1. The zero-order valence-electron chi connectivity index (χ0n) is 11.1. The van der Waals surface area contributed by atoms with Crippen molar-refractivity contribution < 1.29 is 24.2 Å². The fourth-order valence-electron chi connectivity index (χ4n) is 1.85. The number of hydrogen-bond acceptors (Lipinski definition) is 4. The van der Waals surface area contributed by atoms with E-state index in [-0.39, 0.29) is 0 Å². The Kier molecular flexibility index (Phi) is 4.95. The molecule has 2 atom stereocenters. The number of hydrogen-bond donors (Lipinski definition) is 2. The third kappa shape index (κ3) is 4.91. The van der Waals surface area contributed by atoms with Gasteiger partial charge in [0.15, 0.2) is 0 Å². The molecule has 0 radical (unpaired) electrons. The SMILES string of the molecule is CC(C)(C)OC(=O)NC1CCOCCC1C(=O)O. The minimum absolute atomic E-state index is 0.399. The van der Waals surface area contributed by atoms with Gasteiger partial charge >= 0.3 is 12.1 Å². The van der Waals surface area contributed by atoms with Crippen molar-refractivity contribution in [1.29, 1.82) is 0 Å². The molecule has 0 aromatic carbocycles. The van der Waals surface area contributed by atoms with Crippen molar-refractivity contribution in [3.05, 3.63) is 0 Å². The number of carboxylic acid groups (broad SMARTS) is 1. The summed E-state index contributed by atoms with van der Waals surface area (Å²) in [5.41, 5.74) is -0.593. The number of rotatable bonds is 2. The van der Waals surface area contributed by atoms with Crippen LogP contribution in [0.1, 0.15) is 33.6 Å². The van der Waals surface area contributed by atoms with Crippen LogP contribution in [-0.4, -0.2) is 42.0 Å². The van der Waals surface area contributed by atoms with Crippen molar-refractivity contribution in [3.63, 3.8) is 0 Å². The van der Waals surface area contributed by atoms with E-state index in [4.69, 9.17) is 14.6 Å². The molecule has 1 saturated heterocycles. The summed E-state index contributed by atoms with van der Waals surface area (Å²) in [6, 6.07) is -0.445. The van der Waals surface area contributed by atoms with Gasteiger partial charge in [-0.3, -0.25) is 4.79 Å². The number of carbonyl (C=O) groups is 2. The van der Waals surface area contributed by atoms with Gasteiger partial charge in [0, 0.05) is 19.3 Å². The summed E-state index contributed by atoms with van der Waals surface area (Å²) in [5, 5.41) is 11.8. The maximum Gasteiger partial charge on any atom is 0.407 e. The average Bonchev–Trinajstić information content (AvgIpc) is 2.39. The first kappa shape index (κ1) is 14.8. The Bertz CT molecular complexity index is 310. The first-order valence-corrected chi connectivity index (χ1v) is 6.09. The Morgan fingerprint density at radius 1 is 1.28 bits per heavy atom. The molecule has 6 nitrogen and oxygen atoms in total. The number of ether oxygens (including phenoxy) is 2. The highest BCUT2D eigenvalue weighted by Crippen LogP contribution is 2.18. The number of nitrogens with one attached hydrogen (secondary N) is 1. The Hall–Kier alpha value is -1.30. The topological polar surface area (TPSA) is 84.9 Å². The standard InChI is InChI=1S/C12H21NO5/c1-12(2,3)18-11(16)13-9-5-7-17-6-4-8(9)10(14)15/h8-9H,4-7H2,1-3H3,(H,13,16)(H,14,15). The Labute approximate surface area is 107 Å². The number of carbonyl (C=O) groups excluding carboxylic acids is 1. The molecule has 1 amide bonds. The lowest BCUT2D eigenvalue weighted by Crippen LogP contribution is -2.45. The molecule has 0 spiro atoms. The fourth-order valence-corrected chi connectivity index (χ4v) is 1.85. The first-order chi connectivity index (χ1) is 8.29. The Balaban J connectivity index is 2.60. The van der Waals surface area contributed by atoms with Crippen molar-refractivity contribution in [3.8, 4) is 0 Å². The molecule has 1 aliphatic rings. The Morgan fingerprint density at radius 2 is 1.89 bits per heavy atom. The van der Waals surface area contributed by atoms with Gasteiger partial charge in [-0.1, -0.05) is 0 Å². The van der Waals surface area contributed by atoms with Gasteiger partial charge in [0.25, 0.3) is 0 Å². The van der Waals surface area contributed by atoms with Gasteiger partial charge in [-0.2, -0.15) is 0 Å². The van der Waals surface area contributed by atoms with Crippen LogP contribution in [0.25, 0.3) is 0 Å². The van der Waals surface area contributed by atoms with Gasteiger partial charge in [-0.15, -0.1) is 0 Å². The molecular weight excluding hydrogens is 238 g/mol. The number of alkyl carbamates (subject to hydrolysis) is 1. The molecule has 0 aromatic rings. The van der Waals surface area contributed by atoms with E-state index in [1.165, 1.54) is 0 Å². The van der Waals surface area contributed by atoms with Crippen LogP contribution in [0.2, 0.25) is 0 Å². The predicted molar refractivity (Wildman–Crippen MR) is 64.3 cm³/mol. The van der Waals surface area contributed by atoms with E-state index < -0.39 is 29.6 Å². The molecule has 0 bridgehead atoms. The van der Waals surface area contributed by atoms with E-state index in [0.717, 1.165) is 0 Å². The maximum atomic E-state index is 11.6. The molecule has 0 aromatic heterocycles. The van der Waals surface area contributed by atoms with Crippen LogP contribution in [0.5, 0.6) is 0 Å². The fraction of sp³-hybridized carbons (Fsp3) is 0.833. The van der Waals surface area contributed by atoms with Gasteiger partial charge in [-0.25, -0.2) is 4.79 Å². The smallest absolute Gasteiger partial charge is 0.407 e. The monoisotopic (exact) mass is 259 g/mol. The normalized spacial score (nSPS) is 25.1. The van der Waals surface area contributed by atoms with E-state index in [1.54, 1.807) is 20.8 Å². The summed E-state index contributed by atoms with van der Waals surface area (Å²) in [7, 11) is 0. The van der Waals surface area contributed by atoms with Gasteiger partial charge in [0.1, 0.15) is 5.60 Å². The molecule has 104 valence electrons. The minimum Gasteiger partial charge on any atom is -0.481 e. The van der Waals surface area contributed by atoms with Crippen LogP contribution in [0.4, 0.5) is 4.79 Å². The van der Waals surface area contributed by atoms with Crippen LogP contribution < -0.4 is 5.32 Å². The van der Waals surface area contributed by atoms with Crippen LogP contribution in [0, 0.1) is 5.92 Å². The highest BCUT2D eigenvalue weighted by molar-refractivity contribution is 5.73. The molecule has 0 aliphatic carbocycles. The van der Waals surface area contributed by atoms with E-state index in [9.17, 15) is 9.59 Å². The first-order valence-electron chi connectivity index (χ1n) is 6.09. The summed E-state index contributed by atoms with van der Waals surface area (Å²) in [4.78, 5) is 22.8. The van der Waals surface area contributed by atoms with E-state index in [1.807, 2.05) is 0 Å². The summed E-state index contributed by atoms with van der Waals surface area (Å²) in [6.45, 7) is 6.14. The highest BCUT2D eigenvalue weighted by atomic mass is 16.6. The van der Waals surface area contributed by atoms with Crippen LogP contribution in [0.3, 0.4) is 0 Å². The van der Waals surface area contributed by atoms with Crippen molar-refractivity contribution in [2.75, 3.05) is 13.2 Å². The third-order valence-corrected chi connectivity index (χ3v) is 2.65. The van der Waals surface area contributed by atoms with Crippen molar-refractivity contribution in [2.24, 2.45) is 5.92 Å². The number of amides is 1. The van der Waals surface area contributed by atoms with Crippen molar-refractivity contribution in [1.82, 2.24) is 5.32 Å². The second-order valence-corrected chi connectivity index (χ2v) is 5.39. The summed E-state index contributed by atoms with van der Waals surface area (Å²) in [6.07, 6.45) is 0.298. The van der Waals surface area contributed by atoms with Gasteiger partial charge in [-0.05, 0) is 33.6 Å². The summed E-state index contributed by atoms with van der Waals surface area (Å²) < 4.78 is 10.4. The molecule has 1 heterocycles. The second-order valence-electron chi connectivity index (χ2n) is 5.39. The molecular formula is C12H21NO5. The lowest BCUT2D eigenvalue weighted by molar-refractivity contribution is -0.142. The highest BCUT2D eigenvalue weighted by Gasteiger charge is 2.32. The number of aliphatic carboxylic acids is 1. The predicted octanol–water partition coefficient (Wildman–Crippen LogP) is 1.39. The average molecular weight is 259 g/mol. The van der Waals surface area contributed by atoms with E-state index >= 15 is 0 Å². The van der Waals surface area contributed by atoms with E-state index in [2.05, 4.69) is 5.32 Å². The molecule has 6 heteroatoms. The quantitative estimate of drug-likeness (QED) is 0.782. The molecule has 1 aliphatic heterocycles. The van der Waals surface area contributed by atoms with Crippen molar-refractivity contribution >= 4 is 12.1 Å². The van der Waals surface area contributed by atoms with Gasteiger partial charge in [0.2, 0.25) is 0 Å². The largest absolute Gasteiger partial charge is 0.481 e.